The van der Waals surface area contributed by atoms with Crippen molar-refractivity contribution in [2.75, 3.05) is 13.7 Å². The number of methoxy groups -OCH3 is 1. The summed E-state index contributed by atoms with van der Waals surface area (Å²) in [5.41, 5.74) is 1.79. The van der Waals surface area contributed by atoms with Gasteiger partial charge in [0.05, 0.1) is 13.5 Å². The second-order valence-electron chi connectivity index (χ2n) is 7.82. The first-order valence-electron chi connectivity index (χ1n) is 10.2. The van der Waals surface area contributed by atoms with Crippen molar-refractivity contribution >= 4 is 23.4 Å². The Hall–Kier alpha value is -2.53. The second-order valence-corrected chi connectivity index (χ2v) is 8.26. The zero-order valence-electron chi connectivity index (χ0n) is 18.2. The fraction of sp³-hybridized carbons (Fsp3) is 0.417. The monoisotopic (exact) mass is 430 g/mol. The summed E-state index contributed by atoms with van der Waals surface area (Å²) in [7, 11) is 1.61. The van der Waals surface area contributed by atoms with Gasteiger partial charge in [-0.05, 0) is 54.7 Å². The van der Waals surface area contributed by atoms with Gasteiger partial charge < -0.3 is 15.0 Å². The van der Waals surface area contributed by atoms with Crippen LogP contribution in [-0.2, 0) is 22.6 Å². The number of amides is 2. The summed E-state index contributed by atoms with van der Waals surface area (Å²) in [6, 6.07) is 14.1. The van der Waals surface area contributed by atoms with E-state index in [9.17, 15) is 9.59 Å². The molecule has 0 radical (unpaired) electrons. The summed E-state index contributed by atoms with van der Waals surface area (Å²) in [5.74, 6) is 0.994. The van der Waals surface area contributed by atoms with Crippen molar-refractivity contribution < 1.29 is 14.3 Å². The van der Waals surface area contributed by atoms with Gasteiger partial charge in [-0.3, -0.25) is 9.59 Å². The molecule has 30 heavy (non-hydrogen) atoms. The van der Waals surface area contributed by atoms with Gasteiger partial charge in [-0.1, -0.05) is 49.7 Å². The van der Waals surface area contributed by atoms with Crippen molar-refractivity contribution in [1.29, 1.82) is 0 Å². The van der Waals surface area contributed by atoms with Gasteiger partial charge in [0.15, 0.2) is 0 Å². The molecular weight excluding hydrogens is 400 g/mol. The topological polar surface area (TPSA) is 58.6 Å². The van der Waals surface area contributed by atoms with Crippen molar-refractivity contribution in [3.8, 4) is 5.75 Å². The van der Waals surface area contributed by atoms with Crippen molar-refractivity contribution in [3.05, 3.63) is 64.7 Å². The van der Waals surface area contributed by atoms with Crippen LogP contribution in [0.2, 0.25) is 5.02 Å². The summed E-state index contributed by atoms with van der Waals surface area (Å²) >= 11 is 5.95. The molecule has 5 nitrogen and oxygen atoms in total. The molecule has 0 aromatic heterocycles. The Labute approximate surface area is 184 Å². The fourth-order valence-corrected chi connectivity index (χ4v) is 3.15. The molecule has 2 aromatic rings. The second kappa shape index (κ2) is 11.6. The van der Waals surface area contributed by atoms with Crippen LogP contribution in [0, 0.1) is 5.92 Å². The standard InChI is InChI=1S/C24H31ClN2O3/c1-17(2)13-14-26-24(29)18(3)27(16-20-7-11-22(30-4)12-8-20)23(28)15-19-5-9-21(25)10-6-19/h5-12,17-18H,13-16H2,1-4H3,(H,26,29). The van der Waals surface area contributed by atoms with E-state index in [1.165, 1.54) is 0 Å². The first kappa shape index (κ1) is 23.7. The normalized spacial score (nSPS) is 11.8. The van der Waals surface area contributed by atoms with Crippen molar-refractivity contribution in [2.45, 2.75) is 46.2 Å². The van der Waals surface area contributed by atoms with Crippen LogP contribution >= 0.6 is 11.6 Å². The van der Waals surface area contributed by atoms with Crippen LogP contribution in [0.25, 0.3) is 0 Å². The van der Waals surface area contributed by atoms with Gasteiger partial charge >= 0.3 is 0 Å². The molecule has 2 rings (SSSR count). The number of hydrogen-bond acceptors (Lipinski definition) is 3. The summed E-state index contributed by atoms with van der Waals surface area (Å²) in [4.78, 5) is 27.5. The highest BCUT2D eigenvalue weighted by molar-refractivity contribution is 6.30. The van der Waals surface area contributed by atoms with E-state index >= 15 is 0 Å². The molecule has 2 aromatic carbocycles. The zero-order valence-corrected chi connectivity index (χ0v) is 18.9. The Morgan fingerprint density at radius 1 is 1.00 bits per heavy atom. The molecule has 0 aliphatic heterocycles. The SMILES string of the molecule is COc1ccc(CN(C(=O)Cc2ccc(Cl)cc2)C(C)C(=O)NCCC(C)C)cc1. The smallest absolute Gasteiger partial charge is 0.242 e. The first-order valence-corrected chi connectivity index (χ1v) is 10.6. The Bertz CT molecular complexity index is 819. The number of halogens is 1. The Morgan fingerprint density at radius 2 is 1.60 bits per heavy atom. The molecule has 2 amide bonds. The van der Waals surface area contributed by atoms with Crippen LogP contribution in [0.4, 0.5) is 0 Å². The quantitative estimate of drug-likeness (QED) is 0.605. The van der Waals surface area contributed by atoms with Crippen LogP contribution < -0.4 is 10.1 Å². The minimum atomic E-state index is -0.584. The van der Waals surface area contributed by atoms with Crippen LogP contribution in [0.5, 0.6) is 5.75 Å². The molecule has 0 bridgehead atoms. The van der Waals surface area contributed by atoms with E-state index in [0.29, 0.717) is 24.0 Å². The van der Waals surface area contributed by atoms with Crippen LogP contribution in [-0.4, -0.2) is 36.4 Å². The summed E-state index contributed by atoms with van der Waals surface area (Å²) < 4.78 is 5.20. The molecule has 0 spiro atoms. The average Bonchev–Trinajstić information content (AvgIpc) is 2.73. The maximum Gasteiger partial charge on any atom is 0.242 e. The van der Waals surface area contributed by atoms with E-state index in [1.807, 2.05) is 36.4 Å². The molecule has 0 saturated carbocycles. The third-order valence-electron chi connectivity index (χ3n) is 4.97. The highest BCUT2D eigenvalue weighted by Gasteiger charge is 2.26. The summed E-state index contributed by atoms with van der Waals surface area (Å²) in [6.45, 7) is 6.94. The van der Waals surface area contributed by atoms with Gasteiger partial charge in [-0.2, -0.15) is 0 Å². The number of nitrogens with zero attached hydrogens (tertiary/aromatic N) is 1. The minimum absolute atomic E-state index is 0.111. The number of nitrogens with one attached hydrogen (secondary N) is 1. The Balaban J connectivity index is 2.15. The molecule has 1 unspecified atom stereocenters. The van der Waals surface area contributed by atoms with Crippen molar-refractivity contribution in [3.63, 3.8) is 0 Å². The van der Waals surface area contributed by atoms with Crippen LogP contribution in [0.1, 0.15) is 38.3 Å². The van der Waals surface area contributed by atoms with E-state index in [1.54, 1.807) is 31.1 Å². The fourth-order valence-electron chi connectivity index (χ4n) is 3.02. The number of hydrogen-bond donors (Lipinski definition) is 1. The van der Waals surface area contributed by atoms with Crippen molar-refractivity contribution in [1.82, 2.24) is 10.2 Å². The molecule has 0 heterocycles. The van der Waals surface area contributed by atoms with Gasteiger partial charge in [-0.25, -0.2) is 0 Å². The lowest BCUT2D eigenvalue weighted by molar-refractivity contribution is -0.140. The average molecular weight is 431 g/mol. The predicted octanol–water partition coefficient (Wildman–Crippen LogP) is 4.47. The van der Waals surface area contributed by atoms with E-state index in [-0.39, 0.29) is 18.2 Å². The molecular formula is C24H31ClN2O3. The highest BCUT2D eigenvalue weighted by Crippen LogP contribution is 2.17. The molecule has 6 heteroatoms. The Kier molecular flexibility index (Phi) is 9.18. The van der Waals surface area contributed by atoms with E-state index in [0.717, 1.165) is 23.3 Å². The van der Waals surface area contributed by atoms with E-state index in [4.69, 9.17) is 16.3 Å². The third-order valence-corrected chi connectivity index (χ3v) is 5.22. The highest BCUT2D eigenvalue weighted by atomic mass is 35.5. The summed E-state index contributed by atoms with van der Waals surface area (Å²) in [6.07, 6.45) is 1.10. The first-order chi connectivity index (χ1) is 14.3. The van der Waals surface area contributed by atoms with E-state index < -0.39 is 6.04 Å². The van der Waals surface area contributed by atoms with E-state index in [2.05, 4.69) is 19.2 Å². The molecule has 0 aliphatic carbocycles. The number of benzene rings is 2. The maximum atomic E-state index is 13.1. The van der Waals surface area contributed by atoms with Crippen LogP contribution in [0.15, 0.2) is 48.5 Å². The molecule has 162 valence electrons. The zero-order chi connectivity index (χ0) is 22.1. The Morgan fingerprint density at radius 3 is 2.17 bits per heavy atom. The number of rotatable bonds is 10. The number of carbonyl (C=O) groups is 2. The molecule has 0 aliphatic rings. The summed E-state index contributed by atoms with van der Waals surface area (Å²) in [5, 5.41) is 3.58. The van der Waals surface area contributed by atoms with Gasteiger partial charge in [0.1, 0.15) is 11.8 Å². The lowest BCUT2D eigenvalue weighted by Gasteiger charge is -2.29. The number of ether oxygens (including phenoxy) is 1. The molecule has 0 fully saturated rings. The van der Waals surface area contributed by atoms with Crippen molar-refractivity contribution in [2.24, 2.45) is 5.92 Å². The minimum Gasteiger partial charge on any atom is -0.497 e. The van der Waals surface area contributed by atoms with Gasteiger partial charge in [-0.15, -0.1) is 0 Å². The maximum absolute atomic E-state index is 13.1. The van der Waals surface area contributed by atoms with Gasteiger partial charge in [0.2, 0.25) is 11.8 Å². The molecule has 0 saturated heterocycles. The lowest BCUT2D eigenvalue weighted by atomic mass is 10.1. The van der Waals surface area contributed by atoms with Gasteiger partial charge in [0.25, 0.3) is 0 Å². The molecule has 1 atom stereocenters. The van der Waals surface area contributed by atoms with Gasteiger partial charge in [0, 0.05) is 18.1 Å². The lowest BCUT2D eigenvalue weighted by Crippen LogP contribution is -2.48. The molecule has 1 N–H and O–H groups in total. The predicted molar refractivity (Wildman–Crippen MR) is 121 cm³/mol. The van der Waals surface area contributed by atoms with Crippen LogP contribution in [0.3, 0.4) is 0 Å². The third kappa shape index (κ3) is 7.38. The number of carbonyl (C=O) groups excluding carboxylic acids is 2. The largest absolute Gasteiger partial charge is 0.497 e.